The summed E-state index contributed by atoms with van der Waals surface area (Å²) in [5, 5.41) is 12.7. The highest BCUT2D eigenvalue weighted by Crippen LogP contribution is 2.44. The molecule has 23 heteroatoms. The van der Waals surface area contributed by atoms with Crippen LogP contribution >= 0.6 is 11.6 Å². The van der Waals surface area contributed by atoms with Crippen LogP contribution in [-0.2, 0) is 9.59 Å². The van der Waals surface area contributed by atoms with Crippen LogP contribution in [0.3, 0.4) is 0 Å². The lowest BCUT2D eigenvalue weighted by Gasteiger charge is -2.47. The number of aliphatic hydroxyl groups is 1. The van der Waals surface area contributed by atoms with Gasteiger partial charge in [-0.2, -0.15) is 4.98 Å². The monoisotopic (exact) mass is 1210 g/mol. The lowest BCUT2D eigenvalue weighted by molar-refractivity contribution is -0.131. The number of nitrogen functional groups attached to an aromatic ring is 1. The van der Waals surface area contributed by atoms with E-state index in [1.54, 1.807) is 21.9 Å². The fraction of sp³-hybridized carbons (Fsp3) is 0.391. The third-order valence-electron chi connectivity index (χ3n) is 16.2. The van der Waals surface area contributed by atoms with Crippen LogP contribution in [-0.4, -0.2) is 134 Å². The number of nitrogens with two attached hydrogens (primary N) is 1. The van der Waals surface area contributed by atoms with Crippen LogP contribution in [0.25, 0.3) is 45.3 Å². The number of benzene rings is 2. The average molecular weight is 1210 g/mol. The first-order valence-corrected chi connectivity index (χ1v) is 29.6. The van der Waals surface area contributed by atoms with E-state index in [0.29, 0.717) is 52.6 Å². The van der Waals surface area contributed by atoms with Gasteiger partial charge < -0.3 is 30.4 Å². The molecule has 19 nitrogen and oxygen atoms in total. The lowest BCUT2D eigenvalue weighted by Crippen LogP contribution is -2.60. The molecule has 0 aliphatic carbocycles. The first-order chi connectivity index (χ1) is 41.3. The van der Waals surface area contributed by atoms with E-state index in [1.165, 1.54) is 76.5 Å². The molecule has 2 fully saturated rings. The number of hydrogen-bond donors (Lipinski definition) is 2. The predicted octanol–water partition coefficient (Wildman–Crippen LogP) is 10.7. The number of rotatable bonds is 12. The molecule has 2 amide bonds. The molecule has 10 rings (SSSR count). The van der Waals surface area contributed by atoms with Gasteiger partial charge in [-0.25, -0.2) is 57.4 Å². The predicted molar refractivity (Wildman–Crippen MR) is 333 cm³/mol. The summed E-state index contributed by atoms with van der Waals surface area (Å²) in [5.74, 6) is -2.92. The van der Waals surface area contributed by atoms with Crippen molar-refractivity contribution in [2.24, 2.45) is 4.99 Å². The molecule has 3 aliphatic heterocycles. The van der Waals surface area contributed by atoms with Crippen LogP contribution in [0.4, 0.5) is 36.2 Å². The Morgan fingerprint density at radius 3 is 1.85 bits per heavy atom. The minimum Gasteiger partial charge on any atom is -0.398 e. The van der Waals surface area contributed by atoms with Crippen LogP contribution in [0.1, 0.15) is 141 Å². The Hall–Kier alpha value is -8.63. The van der Waals surface area contributed by atoms with Crippen molar-refractivity contribution < 1.29 is 27.9 Å². The van der Waals surface area contributed by atoms with Gasteiger partial charge in [-0.15, -0.1) is 0 Å². The molecule has 2 saturated heterocycles. The fourth-order valence-electron chi connectivity index (χ4n) is 11.9. The van der Waals surface area contributed by atoms with E-state index in [0.717, 1.165) is 0 Å². The van der Waals surface area contributed by atoms with Gasteiger partial charge >= 0.3 is 5.69 Å². The summed E-state index contributed by atoms with van der Waals surface area (Å²) in [4.78, 5) is 90.0. The van der Waals surface area contributed by atoms with Crippen LogP contribution in [0.15, 0.2) is 89.4 Å². The summed E-state index contributed by atoms with van der Waals surface area (Å²) in [6.07, 6.45) is 4.08. The van der Waals surface area contributed by atoms with E-state index in [4.69, 9.17) is 47.2 Å². The van der Waals surface area contributed by atoms with E-state index in [-0.39, 0.29) is 128 Å². The second-order valence-corrected chi connectivity index (χ2v) is 24.2. The van der Waals surface area contributed by atoms with Gasteiger partial charge in [-0.05, 0) is 99.9 Å². The second-order valence-electron chi connectivity index (χ2n) is 23.8. The zero-order valence-corrected chi connectivity index (χ0v) is 51.5. The summed E-state index contributed by atoms with van der Waals surface area (Å²) >= 11 is 7.05. The van der Waals surface area contributed by atoms with E-state index in [2.05, 4.69) is 16.5 Å². The number of hydrogen-bond acceptors (Lipinski definition) is 16. The van der Waals surface area contributed by atoms with Crippen LogP contribution in [0.2, 0.25) is 5.02 Å². The highest BCUT2D eigenvalue weighted by atomic mass is 35.5. The Bertz CT molecular complexity index is 3950. The molecule has 0 radical (unpaired) electrons. The Balaban J connectivity index is 1.01. The number of carbonyl (C=O) groups is 2. The van der Waals surface area contributed by atoms with E-state index in [9.17, 15) is 14.7 Å². The number of piperazine rings is 2. The topological polar surface area (TPSA) is 221 Å². The molecule has 3 N–H and O–H groups in total. The van der Waals surface area contributed by atoms with Gasteiger partial charge in [0.1, 0.15) is 46.9 Å². The van der Waals surface area contributed by atoms with Crippen molar-refractivity contribution >= 4 is 69.4 Å². The molecule has 0 saturated carbocycles. The SMILES string of the molecule is C=CC(=O)N1C[C@H](C)N(c2nc(=O)n(-c3c(C(C)C)nc(/C=C\C(=O)N4C[C@H](C)N(C5=NC(O)N(c6c(C(C)C)ncnc6C(C)C)c6nc(-c7ccccc7F)c(F)cc65)C[C@H]4C)nc3C(C)C)c3nc(-c4c(N)cccc4F)c(Cl)cc23)C[C@H]1C. The van der Waals surface area contributed by atoms with E-state index >= 15 is 18.0 Å². The number of aromatic nitrogens is 8. The van der Waals surface area contributed by atoms with Crippen molar-refractivity contribution in [2.75, 3.05) is 41.7 Å². The Labute approximate surface area is 508 Å². The van der Waals surface area contributed by atoms with Gasteiger partial charge in [0.25, 0.3) is 0 Å². The van der Waals surface area contributed by atoms with Crippen molar-refractivity contribution in [1.29, 1.82) is 0 Å². The van der Waals surface area contributed by atoms with Crippen molar-refractivity contribution in [1.82, 2.24) is 54.2 Å². The zero-order chi connectivity index (χ0) is 62.8. The van der Waals surface area contributed by atoms with Crippen LogP contribution in [0, 0.1) is 17.5 Å². The Kier molecular flexibility index (Phi) is 17.1. The standard InChI is InChI=1S/C64H71ClF3N15O4/c1-14-48(84)78-26-37(12)80(28-35(78)10)59-40-24-42(65)56(50-44(67)20-17-21-46(50)69)75-61(40)83(64(87)76-59)58-53(33(6)7)72-47(73-54(58)34(8)9)22-23-49(85)79-27-38(13)81(29-36(79)11)60-41-25-45(68)55(39-18-15-16-19-43(39)66)74-62(41)82(63(86)77-60)57-51(31(2)3)70-30-71-52(57)32(4)5/h14-25,30-38,63,86H,1,26-29,69H2,2-13H3/b23-22-/t35-,36-,37+,38+,63?/m1/s1. The van der Waals surface area contributed by atoms with Gasteiger partial charge in [-0.3, -0.25) is 14.5 Å². The molecular weight excluding hydrogens is 1140 g/mol. The summed E-state index contributed by atoms with van der Waals surface area (Å²) < 4.78 is 49.3. The molecule has 5 aromatic heterocycles. The number of amides is 2. The normalized spacial score (nSPS) is 19.1. The molecule has 7 aromatic rings. The number of fused-ring (bicyclic) bond motifs is 2. The van der Waals surface area contributed by atoms with Gasteiger partial charge in [-0.1, -0.05) is 91.8 Å². The quantitative estimate of drug-likeness (QED) is 0.0858. The Morgan fingerprint density at radius 2 is 1.25 bits per heavy atom. The fourth-order valence-corrected chi connectivity index (χ4v) is 12.1. The van der Waals surface area contributed by atoms with Gasteiger partial charge in [0, 0.05) is 67.7 Å². The van der Waals surface area contributed by atoms with Crippen molar-refractivity contribution in [3.63, 3.8) is 0 Å². The number of amidine groups is 1. The summed E-state index contributed by atoms with van der Waals surface area (Å²) in [5.41, 5.74) is 8.53. The first-order valence-electron chi connectivity index (χ1n) is 29.2. The van der Waals surface area contributed by atoms with Crippen molar-refractivity contribution in [2.45, 2.75) is 137 Å². The zero-order valence-electron chi connectivity index (χ0n) is 50.8. The molecule has 5 atom stereocenters. The average Bonchev–Trinajstić information content (AvgIpc) is 0.832. The van der Waals surface area contributed by atoms with E-state index < -0.39 is 41.6 Å². The van der Waals surface area contributed by atoms with E-state index in [1.807, 2.05) is 92.9 Å². The number of aliphatic hydroxyl groups excluding tert-OH is 1. The minimum atomic E-state index is -1.60. The highest BCUT2D eigenvalue weighted by molar-refractivity contribution is 6.34. The summed E-state index contributed by atoms with van der Waals surface area (Å²) in [7, 11) is 0. The molecule has 8 heterocycles. The molecule has 1 unspecified atom stereocenters. The van der Waals surface area contributed by atoms with Gasteiger partial charge in [0.2, 0.25) is 18.2 Å². The van der Waals surface area contributed by atoms with Crippen molar-refractivity contribution in [3.05, 3.63) is 147 Å². The van der Waals surface area contributed by atoms with Gasteiger partial charge in [0.15, 0.2) is 11.5 Å². The number of pyridine rings is 2. The van der Waals surface area contributed by atoms with Crippen LogP contribution < -0.4 is 21.2 Å². The third kappa shape index (κ3) is 11.3. The lowest BCUT2D eigenvalue weighted by atomic mass is 9.99. The maximum Gasteiger partial charge on any atom is 0.355 e. The summed E-state index contributed by atoms with van der Waals surface area (Å²) in [6, 6.07) is 11.4. The number of aliphatic imine (C=N–C) groups is 1. The molecule has 2 aromatic carbocycles. The van der Waals surface area contributed by atoms with Gasteiger partial charge in [0.05, 0.1) is 61.4 Å². The van der Waals surface area contributed by atoms with Crippen molar-refractivity contribution in [3.8, 4) is 28.2 Å². The number of nitrogens with zero attached hydrogens (tertiary/aromatic N) is 14. The molecule has 454 valence electrons. The molecule has 87 heavy (non-hydrogen) atoms. The first kappa shape index (κ1) is 61.5. The maximum absolute atomic E-state index is 16.6. The Morgan fingerprint density at radius 1 is 0.667 bits per heavy atom. The maximum atomic E-state index is 16.6. The molecule has 0 bridgehead atoms. The third-order valence-corrected chi connectivity index (χ3v) is 16.5. The summed E-state index contributed by atoms with van der Waals surface area (Å²) in [6.45, 7) is 27.7. The molecule has 3 aliphatic rings. The largest absolute Gasteiger partial charge is 0.398 e. The number of anilines is 4. The second kappa shape index (κ2) is 24.3. The van der Waals surface area contributed by atoms with Crippen LogP contribution in [0.5, 0.6) is 0 Å². The minimum absolute atomic E-state index is 0.00522. The smallest absolute Gasteiger partial charge is 0.355 e. The number of halogens is 4. The molecular formula is C64H71ClF3N15O4. The molecule has 0 spiro atoms. The number of carbonyl (C=O) groups excluding carboxylic acids is 2. The highest BCUT2D eigenvalue weighted by Gasteiger charge is 2.42.